The van der Waals surface area contributed by atoms with Crippen molar-refractivity contribution in [2.75, 3.05) is 18.5 Å². The number of anilines is 1. The van der Waals surface area contributed by atoms with Gasteiger partial charge in [0, 0.05) is 55.5 Å². The molecule has 1 aliphatic heterocycles. The van der Waals surface area contributed by atoms with E-state index in [1.807, 2.05) is 18.2 Å². The molecule has 0 bridgehead atoms. The van der Waals surface area contributed by atoms with E-state index in [1.54, 1.807) is 31.0 Å². The second kappa shape index (κ2) is 8.28. The molecular formula is C22H23N7O. The van der Waals surface area contributed by atoms with Crippen molar-refractivity contribution in [1.82, 2.24) is 25.4 Å². The van der Waals surface area contributed by atoms with E-state index in [4.69, 9.17) is 0 Å². The Labute approximate surface area is 174 Å². The van der Waals surface area contributed by atoms with E-state index in [0.29, 0.717) is 17.0 Å². The highest BCUT2D eigenvalue weighted by atomic mass is 16.2. The van der Waals surface area contributed by atoms with Crippen LogP contribution in [0.3, 0.4) is 0 Å². The zero-order chi connectivity index (χ0) is 21.1. The first-order chi connectivity index (χ1) is 14.5. The quantitative estimate of drug-likeness (QED) is 0.618. The third kappa shape index (κ3) is 3.84. The first-order valence-electron chi connectivity index (χ1n) is 9.70. The molecule has 0 radical (unpaired) electrons. The van der Waals surface area contributed by atoms with Crippen molar-refractivity contribution >= 4 is 23.4 Å². The van der Waals surface area contributed by atoms with Gasteiger partial charge in [-0.25, -0.2) is 5.43 Å². The van der Waals surface area contributed by atoms with Gasteiger partial charge in [0.15, 0.2) is 0 Å². The molecule has 0 aromatic carbocycles. The van der Waals surface area contributed by atoms with Crippen molar-refractivity contribution in [3.63, 3.8) is 0 Å². The maximum atomic E-state index is 12.4. The number of pyridine rings is 1. The number of likely N-dealkylation sites (N-methyl/N-ethyl adjacent to an activating group) is 1. The number of hydrazone groups is 1. The van der Waals surface area contributed by atoms with Gasteiger partial charge in [-0.15, -0.1) is 0 Å². The van der Waals surface area contributed by atoms with Gasteiger partial charge in [-0.3, -0.25) is 19.7 Å². The van der Waals surface area contributed by atoms with Gasteiger partial charge in [-0.1, -0.05) is 0 Å². The van der Waals surface area contributed by atoms with E-state index in [1.165, 1.54) is 5.56 Å². The van der Waals surface area contributed by atoms with Gasteiger partial charge in [0.25, 0.3) is 5.91 Å². The SMILES string of the molecule is Cc1[nH]c(/C=C2/C(=O)NN=C2c2cnccn2)c(C)c1CCN(C)c1ccncc1. The summed E-state index contributed by atoms with van der Waals surface area (Å²) < 4.78 is 0. The highest BCUT2D eigenvalue weighted by Crippen LogP contribution is 2.24. The fourth-order valence-corrected chi connectivity index (χ4v) is 3.57. The first-order valence-corrected chi connectivity index (χ1v) is 9.70. The maximum absolute atomic E-state index is 12.4. The molecule has 1 aliphatic rings. The lowest BCUT2D eigenvalue weighted by Gasteiger charge is -2.19. The lowest BCUT2D eigenvalue weighted by atomic mass is 10.0. The fourth-order valence-electron chi connectivity index (χ4n) is 3.57. The summed E-state index contributed by atoms with van der Waals surface area (Å²) in [5, 5.41) is 4.14. The maximum Gasteiger partial charge on any atom is 0.273 e. The number of nitrogens with zero attached hydrogens (tertiary/aromatic N) is 5. The number of carbonyl (C=O) groups excluding carboxylic acids is 1. The minimum atomic E-state index is -0.249. The zero-order valence-electron chi connectivity index (χ0n) is 17.2. The van der Waals surface area contributed by atoms with Gasteiger partial charge in [0.2, 0.25) is 0 Å². The number of carbonyl (C=O) groups is 1. The van der Waals surface area contributed by atoms with Gasteiger partial charge in [-0.05, 0) is 49.6 Å². The summed E-state index contributed by atoms with van der Waals surface area (Å²) in [6.45, 7) is 5.00. The molecule has 2 N–H and O–H groups in total. The van der Waals surface area contributed by atoms with E-state index in [0.717, 1.165) is 35.6 Å². The Morgan fingerprint density at radius 2 is 1.90 bits per heavy atom. The monoisotopic (exact) mass is 401 g/mol. The van der Waals surface area contributed by atoms with Crippen LogP contribution < -0.4 is 10.3 Å². The molecule has 4 rings (SSSR count). The van der Waals surface area contributed by atoms with Crippen molar-refractivity contribution in [2.45, 2.75) is 20.3 Å². The first kappa shape index (κ1) is 19.5. The van der Waals surface area contributed by atoms with Crippen LogP contribution >= 0.6 is 0 Å². The van der Waals surface area contributed by atoms with Gasteiger partial charge in [0.05, 0.1) is 11.8 Å². The van der Waals surface area contributed by atoms with Crippen LogP contribution in [0, 0.1) is 13.8 Å². The molecule has 0 unspecified atom stereocenters. The number of aryl methyl sites for hydroxylation is 1. The summed E-state index contributed by atoms with van der Waals surface area (Å²) in [6.07, 6.45) is 11.1. The van der Waals surface area contributed by atoms with Crippen molar-refractivity contribution in [1.29, 1.82) is 0 Å². The number of H-pyrrole nitrogens is 1. The summed E-state index contributed by atoms with van der Waals surface area (Å²) in [5.41, 5.74) is 9.56. The molecule has 0 atom stereocenters. The van der Waals surface area contributed by atoms with Crippen LogP contribution in [0.25, 0.3) is 6.08 Å². The summed E-state index contributed by atoms with van der Waals surface area (Å²) in [5.74, 6) is -0.249. The molecule has 0 fully saturated rings. The second-order valence-electron chi connectivity index (χ2n) is 7.19. The Hall–Kier alpha value is -3.81. The summed E-state index contributed by atoms with van der Waals surface area (Å²) >= 11 is 0. The molecule has 3 aromatic heterocycles. The molecule has 3 aromatic rings. The number of hydrogen-bond acceptors (Lipinski definition) is 6. The van der Waals surface area contributed by atoms with Crippen molar-refractivity contribution in [3.8, 4) is 0 Å². The third-order valence-corrected chi connectivity index (χ3v) is 5.30. The average Bonchev–Trinajstić information content (AvgIpc) is 3.27. The van der Waals surface area contributed by atoms with E-state index in [-0.39, 0.29) is 5.91 Å². The number of hydrogen-bond donors (Lipinski definition) is 2. The molecule has 30 heavy (non-hydrogen) atoms. The highest BCUT2D eigenvalue weighted by Gasteiger charge is 2.26. The molecule has 1 amide bonds. The zero-order valence-corrected chi connectivity index (χ0v) is 17.2. The largest absolute Gasteiger partial charge is 0.374 e. The topological polar surface area (TPSA) is 99.2 Å². The van der Waals surface area contributed by atoms with Crippen LogP contribution in [0.2, 0.25) is 0 Å². The molecule has 152 valence electrons. The van der Waals surface area contributed by atoms with E-state index < -0.39 is 0 Å². The predicted octanol–water partition coefficient (Wildman–Crippen LogP) is 2.41. The van der Waals surface area contributed by atoms with Gasteiger partial charge in [-0.2, -0.15) is 5.10 Å². The lowest BCUT2D eigenvalue weighted by molar-refractivity contribution is -0.116. The van der Waals surface area contributed by atoms with Gasteiger partial charge >= 0.3 is 0 Å². The second-order valence-corrected chi connectivity index (χ2v) is 7.19. The van der Waals surface area contributed by atoms with E-state index in [9.17, 15) is 4.79 Å². The third-order valence-electron chi connectivity index (χ3n) is 5.30. The number of amides is 1. The van der Waals surface area contributed by atoms with Crippen LogP contribution in [0.15, 0.2) is 53.8 Å². The van der Waals surface area contributed by atoms with Crippen LogP contribution in [0.4, 0.5) is 5.69 Å². The summed E-state index contributed by atoms with van der Waals surface area (Å²) in [4.78, 5) is 30.4. The average molecular weight is 401 g/mol. The lowest BCUT2D eigenvalue weighted by Crippen LogP contribution is -2.20. The van der Waals surface area contributed by atoms with Crippen LogP contribution in [-0.2, 0) is 11.2 Å². The van der Waals surface area contributed by atoms with Crippen molar-refractivity contribution < 1.29 is 4.79 Å². The Morgan fingerprint density at radius 3 is 2.63 bits per heavy atom. The standard InChI is InChI=1S/C22H23N7O/c1-14-17(6-11-29(3)16-4-7-23-8-5-16)15(2)26-19(14)12-18-21(27-28-22(18)30)20-13-24-9-10-25-20/h4-5,7-10,12-13,26H,6,11H2,1-3H3,(H,28,30)/b18-12+. The fraction of sp³-hybridized carbons (Fsp3) is 0.227. The predicted molar refractivity (Wildman–Crippen MR) is 116 cm³/mol. The van der Waals surface area contributed by atoms with Crippen molar-refractivity contribution in [2.24, 2.45) is 5.10 Å². The molecule has 0 saturated carbocycles. The minimum absolute atomic E-state index is 0.249. The molecule has 0 saturated heterocycles. The number of rotatable bonds is 6. The number of aromatic nitrogens is 4. The Kier molecular flexibility index (Phi) is 5.38. The summed E-state index contributed by atoms with van der Waals surface area (Å²) in [7, 11) is 2.07. The Morgan fingerprint density at radius 1 is 1.10 bits per heavy atom. The normalized spacial score (nSPS) is 14.7. The molecule has 8 heteroatoms. The highest BCUT2D eigenvalue weighted by molar-refractivity contribution is 6.32. The van der Waals surface area contributed by atoms with E-state index in [2.05, 4.69) is 56.3 Å². The smallest absolute Gasteiger partial charge is 0.273 e. The van der Waals surface area contributed by atoms with Crippen LogP contribution in [0.1, 0.15) is 28.2 Å². The van der Waals surface area contributed by atoms with Crippen molar-refractivity contribution in [3.05, 3.63) is 76.9 Å². The van der Waals surface area contributed by atoms with Crippen LogP contribution in [0.5, 0.6) is 0 Å². The van der Waals surface area contributed by atoms with Gasteiger partial charge < -0.3 is 9.88 Å². The Balaban J connectivity index is 1.57. The molecule has 0 spiro atoms. The van der Waals surface area contributed by atoms with E-state index >= 15 is 0 Å². The molecule has 8 nitrogen and oxygen atoms in total. The molecule has 0 aliphatic carbocycles. The molecule has 4 heterocycles. The summed E-state index contributed by atoms with van der Waals surface area (Å²) in [6, 6.07) is 4.00. The van der Waals surface area contributed by atoms with Gasteiger partial charge in [0.1, 0.15) is 11.4 Å². The molecular weight excluding hydrogens is 378 g/mol. The number of nitrogens with one attached hydrogen (secondary N) is 2. The minimum Gasteiger partial charge on any atom is -0.374 e. The Bertz CT molecular complexity index is 1120. The number of aromatic amines is 1. The van der Waals surface area contributed by atoms with Crippen LogP contribution in [-0.4, -0.2) is 45.1 Å².